The molecule has 0 amide bonds. The predicted molar refractivity (Wildman–Crippen MR) is 64.3 cm³/mol. The van der Waals surface area contributed by atoms with Crippen molar-refractivity contribution in [3.63, 3.8) is 0 Å². The van der Waals surface area contributed by atoms with Gasteiger partial charge in [-0.05, 0) is 16.7 Å². The quantitative estimate of drug-likeness (QED) is 0.310. The molecule has 0 aromatic rings. The Labute approximate surface area is 121 Å². The summed E-state index contributed by atoms with van der Waals surface area (Å²) < 4.78 is 4.22. The van der Waals surface area contributed by atoms with Gasteiger partial charge in [-0.3, -0.25) is 0 Å². The first-order valence-electron chi connectivity index (χ1n) is 5.65. The molecule has 0 unspecified atom stereocenters. The van der Waals surface area contributed by atoms with Crippen molar-refractivity contribution in [2.75, 3.05) is 28.2 Å². The largest absolute Gasteiger partial charge is 1.00 e. The van der Waals surface area contributed by atoms with Crippen molar-refractivity contribution in [2.24, 2.45) is 0 Å². The highest BCUT2D eigenvalue weighted by Gasteiger charge is 2.46. The third-order valence-electron chi connectivity index (χ3n) is 3.38. The van der Waals surface area contributed by atoms with Gasteiger partial charge in [-0.25, -0.2) is 4.58 Å². The zero-order chi connectivity index (χ0) is 11.4. The van der Waals surface area contributed by atoms with E-state index in [0.717, 1.165) is 12.8 Å². The molecule has 18 heavy (non-hydrogen) atoms. The van der Waals surface area contributed by atoms with Gasteiger partial charge in [-0.1, -0.05) is 0 Å². The van der Waals surface area contributed by atoms with Crippen LogP contribution in [-0.2, 0) is 0 Å². The molecule has 2 nitrogen and oxygen atoms in total. The number of allylic oxidation sites excluding steroid dienone is 5. The SMILES string of the molecule is C[N+](C)=C=C1CC2=C3CC(=[N+](C)C)C3=C1[C]2.[Cl-].[Cl-]. The van der Waals surface area contributed by atoms with Crippen LogP contribution in [0.5, 0.6) is 0 Å². The fraction of sp³-hybridized carbons (Fsp3) is 0.429. The number of fused-ring (bicyclic) bond motifs is 3. The molecule has 0 heterocycles. The lowest BCUT2D eigenvalue weighted by Gasteiger charge is -2.24. The smallest absolute Gasteiger partial charge is 0.187 e. The van der Waals surface area contributed by atoms with E-state index in [1.165, 1.54) is 33.6 Å². The lowest BCUT2D eigenvalue weighted by atomic mass is 9.78. The van der Waals surface area contributed by atoms with Crippen molar-refractivity contribution < 1.29 is 34.0 Å². The fourth-order valence-corrected chi connectivity index (χ4v) is 2.64. The molecule has 2 radical (unpaired) electrons. The Morgan fingerprint density at radius 1 is 1.06 bits per heavy atom. The summed E-state index contributed by atoms with van der Waals surface area (Å²) in [5.74, 6) is 3.38. The van der Waals surface area contributed by atoms with Crippen LogP contribution in [0.25, 0.3) is 0 Å². The van der Waals surface area contributed by atoms with Gasteiger partial charge in [0.1, 0.15) is 28.2 Å². The summed E-state index contributed by atoms with van der Waals surface area (Å²) >= 11 is 0. The monoisotopic (exact) mass is 282 g/mol. The molecular formula is C14H16Cl2N2. The van der Waals surface area contributed by atoms with E-state index in [0.29, 0.717) is 0 Å². The molecule has 2 bridgehead atoms. The summed E-state index contributed by atoms with van der Waals surface area (Å²) in [6.07, 6.45) is 5.68. The average molecular weight is 283 g/mol. The molecule has 4 heteroatoms. The molecule has 3 rings (SSSR count). The van der Waals surface area contributed by atoms with Crippen LogP contribution in [0.4, 0.5) is 0 Å². The zero-order valence-electron chi connectivity index (χ0n) is 11.1. The number of nitrogens with zero attached hydrogens (tertiary/aromatic N) is 2. The van der Waals surface area contributed by atoms with Gasteiger partial charge in [0.05, 0.1) is 17.6 Å². The maximum absolute atomic E-state index is 3.52. The minimum Gasteiger partial charge on any atom is -1.00 e. The van der Waals surface area contributed by atoms with Crippen molar-refractivity contribution in [3.8, 4) is 0 Å². The highest BCUT2D eigenvalue weighted by molar-refractivity contribution is 6.15. The molecule has 2 fully saturated rings. The van der Waals surface area contributed by atoms with Crippen LogP contribution in [-0.4, -0.2) is 48.9 Å². The van der Waals surface area contributed by atoms with Gasteiger partial charge in [0.25, 0.3) is 0 Å². The Balaban J connectivity index is 0.000000810. The van der Waals surface area contributed by atoms with Crippen molar-refractivity contribution in [2.45, 2.75) is 12.8 Å². The van der Waals surface area contributed by atoms with Crippen LogP contribution in [0.15, 0.2) is 27.9 Å². The highest BCUT2D eigenvalue weighted by atomic mass is 35.5. The van der Waals surface area contributed by atoms with Gasteiger partial charge in [0.2, 0.25) is 0 Å². The molecule has 0 aliphatic heterocycles. The summed E-state index contributed by atoms with van der Waals surface area (Å²) in [7, 11) is 8.29. The summed E-state index contributed by atoms with van der Waals surface area (Å²) in [5, 5.41) is 0. The predicted octanol–water partition coefficient (Wildman–Crippen LogP) is -4.93. The standard InChI is InChI=1S/C14H16N2.2ClH/c1-15(2)8-10-5-9-6-11(10)14-12(9)7-13(14)16(3)4;;/h5,7H2,1-4H3;2*1H/q+2;;/p-2. The van der Waals surface area contributed by atoms with Crippen LogP contribution in [0.1, 0.15) is 12.8 Å². The second kappa shape index (κ2) is 5.05. The number of hydrogen-bond acceptors (Lipinski definition) is 0. The Morgan fingerprint density at radius 3 is 2.28 bits per heavy atom. The third-order valence-corrected chi connectivity index (χ3v) is 3.38. The number of rotatable bonds is 0. The number of halogens is 2. The summed E-state index contributed by atoms with van der Waals surface area (Å²) in [4.78, 5) is 0. The Kier molecular flexibility index (Phi) is 4.27. The molecule has 0 atom stereocenters. The van der Waals surface area contributed by atoms with Crippen molar-refractivity contribution in [1.29, 1.82) is 0 Å². The normalized spacial score (nSPS) is 18.9. The highest BCUT2D eigenvalue weighted by Crippen LogP contribution is 2.52. The summed E-state index contributed by atoms with van der Waals surface area (Å²) in [6.45, 7) is 0. The van der Waals surface area contributed by atoms with Gasteiger partial charge in [-0.15, -0.1) is 0 Å². The first kappa shape index (κ1) is 15.2. The van der Waals surface area contributed by atoms with Crippen LogP contribution < -0.4 is 24.8 Å². The molecule has 2 saturated carbocycles. The minimum absolute atomic E-state index is 0. The molecule has 0 aromatic carbocycles. The Morgan fingerprint density at radius 2 is 1.72 bits per heavy atom. The van der Waals surface area contributed by atoms with E-state index in [1.807, 2.05) is 18.7 Å². The minimum atomic E-state index is 0. The molecule has 3 aliphatic rings. The Hall–Kier alpha value is -0.820. The molecule has 3 aliphatic carbocycles. The van der Waals surface area contributed by atoms with Gasteiger partial charge >= 0.3 is 0 Å². The zero-order valence-corrected chi connectivity index (χ0v) is 12.6. The van der Waals surface area contributed by atoms with E-state index < -0.39 is 0 Å². The second-order valence-corrected chi connectivity index (χ2v) is 5.01. The van der Waals surface area contributed by atoms with Crippen molar-refractivity contribution in [3.05, 3.63) is 34.3 Å². The molecule has 0 saturated heterocycles. The lowest BCUT2D eigenvalue weighted by molar-refractivity contribution is -0.465. The van der Waals surface area contributed by atoms with Crippen molar-refractivity contribution >= 4 is 11.6 Å². The first-order valence-corrected chi connectivity index (χ1v) is 5.65. The van der Waals surface area contributed by atoms with Gasteiger partial charge in [0.15, 0.2) is 11.6 Å². The summed E-state index contributed by atoms with van der Waals surface area (Å²) in [6, 6.07) is 0. The molecule has 0 N–H and O–H groups in total. The van der Waals surface area contributed by atoms with E-state index in [4.69, 9.17) is 0 Å². The second-order valence-electron chi connectivity index (χ2n) is 5.01. The molecular weight excluding hydrogens is 267 g/mol. The third kappa shape index (κ3) is 1.99. The Bertz CT molecular complexity index is 563. The van der Waals surface area contributed by atoms with E-state index in [2.05, 4.69) is 31.0 Å². The maximum atomic E-state index is 3.52. The van der Waals surface area contributed by atoms with E-state index in [1.54, 1.807) is 0 Å². The lowest BCUT2D eigenvalue weighted by Crippen LogP contribution is -3.00. The van der Waals surface area contributed by atoms with E-state index in [9.17, 15) is 0 Å². The average Bonchev–Trinajstić information content (AvgIpc) is 2.54. The maximum Gasteiger partial charge on any atom is 0.187 e. The van der Waals surface area contributed by atoms with Gasteiger partial charge in [-0.2, -0.15) is 4.58 Å². The number of hydrogen-bond donors (Lipinski definition) is 0. The molecule has 96 valence electrons. The van der Waals surface area contributed by atoms with Crippen LogP contribution in [0.3, 0.4) is 0 Å². The van der Waals surface area contributed by atoms with Crippen LogP contribution in [0, 0.1) is 6.42 Å². The molecule has 0 spiro atoms. The van der Waals surface area contributed by atoms with Crippen LogP contribution >= 0.6 is 0 Å². The van der Waals surface area contributed by atoms with E-state index >= 15 is 0 Å². The van der Waals surface area contributed by atoms with Crippen LogP contribution in [0.2, 0.25) is 0 Å². The topological polar surface area (TPSA) is 6.02 Å². The van der Waals surface area contributed by atoms with Crippen molar-refractivity contribution in [1.82, 2.24) is 0 Å². The fourth-order valence-electron chi connectivity index (χ4n) is 2.64. The van der Waals surface area contributed by atoms with E-state index in [-0.39, 0.29) is 24.8 Å². The summed E-state index contributed by atoms with van der Waals surface area (Å²) in [5.41, 5.74) is 8.43. The first-order chi connectivity index (χ1) is 7.58. The van der Waals surface area contributed by atoms with Gasteiger partial charge in [0, 0.05) is 12.8 Å². The molecule has 0 aromatic heterocycles. The van der Waals surface area contributed by atoms with Gasteiger partial charge < -0.3 is 24.8 Å².